The van der Waals surface area contributed by atoms with Crippen LogP contribution in [0.5, 0.6) is 0 Å². The maximum atomic E-state index is 5.97. The average Bonchev–Trinajstić information content (AvgIpc) is 1.61. The van der Waals surface area contributed by atoms with Gasteiger partial charge in [0.25, 0.3) is 0 Å². The molecule has 0 spiro atoms. The molecule has 11 aromatic heterocycles. The van der Waals surface area contributed by atoms with Gasteiger partial charge in [0.2, 0.25) is 0 Å². The quantitative estimate of drug-likeness (QED) is 0.152. The van der Waals surface area contributed by atoms with Crippen molar-refractivity contribution in [2.24, 2.45) is 0 Å². The molecule has 0 bridgehead atoms. The molecule has 5 radical (unpaired) electrons. The van der Waals surface area contributed by atoms with Crippen LogP contribution in [0.4, 0.5) is 0 Å². The first kappa shape index (κ1) is 83.3. The summed E-state index contributed by atoms with van der Waals surface area (Å²) in [6.45, 7) is 4.18. The van der Waals surface area contributed by atoms with Gasteiger partial charge in [0, 0.05) is 163 Å². The van der Waals surface area contributed by atoms with E-state index in [4.69, 9.17) is 8.83 Å². The van der Waals surface area contributed by atoms with Gasteiger partial charge in [-0.2, -0.15) is 34.0 Å². The van der Waals surface area contributed by atoms with Crippen LogP contribution in [0.25, 0.3) is 172 Å². The number of fused-ring (bicyclic) bond motifs is 15. The molecule has 0 N–H and O–H groups in total. The second-order valence-electron chi connectivity index (χ2n) is 25.6. The smallest absolute Gasteiger partial charge is 0.120 e. The van der Waals surface area contributed by atoms with Gasteiger partial charge in [-0.15, -0.1) is 144 Å². The largest absolute Gasteiger partial charge is 0.501 e. The molecular weight excluding hydrogens is 2350 g/mol. The third kappa shape index (κ3) is 18.5. The molecule has 0 unspecified atom stereocenters. The number of furan rings is 2. The SMILES string of the molecule is Cc1ccnc(-c2[c-]cc3sc4ccccc4c3c2)c1.Cc1ccnc(-c2[c-]ccc3c2sc2ccccc23)c1.[Ir].[Ir].[Ir].[Ir].[Ir].[c-]1cc2sc3ccccc3c2cc1-c1ccccn1.[c-]1ccc2c(oc3ccccc32)c1-c1ccccn1.[c-]1ccc2c(oc3ccccc32)c1-c1ccccn1.[c-]1ccccc1-c1ccccn1. The van der Waals surface area contributed by atoms with Crippen LogP contribution in [-0.4, -0.2) is 29.9 Å². The molecule has 0 fully saturated rings. The average molecular weight is 2410 g/mol. The van der Waals surface area contributed by atoms with E-state index in [1.807, 2.05) is 229 Å². The van der Waals surface area contributed by atoms with Crippen molar-refractivity contribution < 1.29 is 109 Å². The van der Waals surface area contributed by atoms with E-state index >= 15 is 0 Å². The van der Waals surface area contributed by atoms with Gasteiger partial charge >= 0.3 is 0 Å². The maximum absolute atomic E-state index is 5.97. The van der Waals surface area contributed by atoms with Gasteiger partial charge in [0.1, 0.15) is 11.2 Å². The second-order valence-corrected chi connectivity index (χ2v) is 28.8. The number of aryl methyl sites for hydroxylation is 2. The zero-order valence-corrected chi connectivity index (χ0v) is 75.1. The van der Waals surface area contributed by atoms with E-state index in [-0.39, 0.29) is 101 Å². The van der Waals surface area contributed by atoms with Gasteiger partial charge in [-0.1, -0.05) is 201 Å². The first-order valence-corrected chi connectivity index (χ1v) is 37.9. The summed E-state index contributed by atoms with van der Waals surface area (Å²) in [5.74, 6) is 0. The fourth-order valence-electron chi connectivity index (χ4n) is 13.3. The number of para-hydroxylation sites is 2. The van der Waals surface area contributed by atoms with E-state index in [9.17, 15) is 0 Å². The van der Waals surface area contributed by atoms with Crippen molar-refractivity contribution in [1.29, 1.82) is 0 Å². The van der Waals surface area contributed by atoms with Crippen molar-refractivity contribution in [2.45, 2.75) is 13.8 Å². The third-order valence-electron chi connectivity index (χ3n) is 18.4. The Morgan fingerprint density at radius 1 is 0.246 bits per heavy atom. The minimum absolute atomic E-state index is 0. The Bertz CT molecular complexity index is 6710. The molecule has 16 heteroatoms. The minimum Gasteiger partial charge on any atom is -0.501 e. The molecule has 22 rings (SSSR count). The van der Waals surface area contributed by atoms with Gasteiger partial charge < -0.3 is 38.7 Å². The van der Waals surface area contributed by atoms with Crippen LogP contribution in [0.3, 0.4) is 0 Å². The molecule has 0 aliphatic carbocycles. The Morgan fingerprint density at radius 3 is 1.09 bits per heavy atom. The van der Waals surface area contributed by atoms with Crippen molar-refractivity contribution in [3.63, 3.8) is 0 Å². The molecule has 114 heavy (non-hydrogen) atoms. The van der Waals surface area contributed by atoms with Crippen molar-refractivity contribution in [3.05, 3.63) is 388 Å². The number of nitrogens with zero attached hydrogens (tertiary/aromatic N) is 6. The maximum Gasteiger partial charge on any atom is 0.120 e. The molecule has 11 aromatic carbocycles. The number of benzene rings is 11. The molecule has 565 valence electrons. The van der Waals surface area contributed by atoms with Crippen LogP contribution in [-0.2, 0) is 101 Å². The summed E-state index contributed by atoms with van der Waals surface area (Å²) in [6, 6.07) is 122. The van der Waals surface area contributed by atoms with Crippen LogP contribution in [0, 0.1) is 50.2 Å². The van der Waals surface area contributed by atoms with Gasteiger partial charge in [0.15, 0.2) is 0 Å². The van der Waals surface area contributed by atoms with Crippen LogP contribution in [0.1, 0.15) is 11.1 Å². The summed E-state index contributed by atoms with van der Waals surface area (Å²) in [7, 11) is 0. The Balaban J connectivity index is 0.000000126. The van der Waals surface area contributed by atoms with Crippen molar-refractivity contribution >= 4 is 138 Å². The molecule has 0 saturated heterocycles. The fourth-order valence-corrected chi connectivity index (χ4v) is 16.6. The summed E-state index contributed by atoms with van der Waals surface area (Å²) in [4.78, 5) is 26.3. The molecule has 0 aliphatic rings. The first-order valence-electron chi connectivity index (χ1n) is 35.5. The third-order valence-corrected chi connectivity index (χ3v) is 21.9. The number of rotatable bonds is 6. The van der Waals surface area contributed by atoms with Crippen LogP contribution in [0.15, 0.2) is 349 Å². The van der Waals surface area contributed by atoms with Gasteiger partial charge in [-0.3, -0.25) is 0 Å². The number of hydrogen-bond acceptors (Lipinski definition) is 11. The van der Waals surface area contributed by atoms with E-state index < -0.39 is 0 Å². The van der Waals surface area contributed by atoms with E-state index in [0.717, 1.165) is 111 Å². The Kier molecular flexibility index (Phi) is 28.7. The number of aromatic nitrogens is 6. The van der Waals surface area contributed by atoms with Gasteiger partial charge in [0.05, 0.1) is 11.2 Å². The van der Waals surface area contributed by atoms with Crippen LogP contribution >= 0.6 is 34.0 Å². The van der Waals surface area contributed by atoms with Crippen molar-refractivity contribution in [2.75, 3.05) is 0 Å². The summed E-state index contributed by atoms with van der Waals surface area (Å²) >= 11 is 5.45. The van der Waals surface area contributed by atoms with Crippen molar-refractivity contribution in [1.82, 2.24) is 29.9 Å². The number of pyridine rings is 6. The van der Waals surface area contributed by atoms with E-state index in [1.165, 1.54) is 71.6 Å². The second kappa shape index (κ2) is 39.2. The van der Waals surface area contributed by atoms with Gasteiger partial charge in [-0.25, -0.2) is 0 Å². The molecule has 8 nitrogen and oxygen atoms in total. The molecule has 22 aromatic rings. The fraction of sp³-hybridized carbons (Fsp3) is 0.0204. The first-order chi connectivity index (χ1) is 53.9. The minimum atomic E-state index is 0. The summed E-state index contributed by atoms with van der Waals surface area (Å²) in [6.07, 6.45) is 10.9. The van der Waals surface area contributed by atoms with Gasteiger partial charge in [-0.05, 0) is 145 Å². The standard InChI is InChI=1S/2C18H12NS.2C17H10NO.C17H10NS.C11H8N.5Ir/c1-12-9-10-19-16(11-12)15-7-4-6-14-13-5-2-3-8-17(13)20-18(14)15;1-12-8-9-19-16(10-12)13-6-7-18-15(11-13)14-4-2-3-5-17(14)20-18;2*1-2-10-16-12(6-1)13-7-5-8-14(17(13)19-16)15-9-3-4-11-18-15;1-2-7-16-13(5-1)14-11-12(8-9-17(14)19-16)15-6-3-4-10-18-15;1-2-6-10(7-3-1)11-8-4-5-9-12-11;;;;;/h2-6,8-11H,1H3;2-5,7-11H,1H3;3*1-7,9-11H;1-6,8-9H;;;;;/q6*-1;;;;;. The number of hydrogen-bond donors (Lipinski definition) is 0. The van der Waals surface area contributed by atoms with E-state index in [1.54, 1.807) is 18.6 Å². The zero-order chi connectivity index (χ0) is 73.2. The molecule has 0 saturated carbocycles. The predicted octanol–water partition coefficient (Wildman–Crippen LogP) is 26.8. The Labute approximate surface area is 739 Å². The van der Waals surface area contributed by atoms with Crippen LogP contribution in [0.2, 0.25) is 0 Å². The number of thiophene rings is 3. The zero-order valence-electron chi connectivity index (χ0n) is 60.7. The van der Waals surface area contributed by atoms with Crippen LogP contribution < -0.4 is 0 Å². The summed E-state index contributed by atoms with van der Waals surface area (Å²) < 4.78 is 19.7. The summed E-state index contributed by atoms with van der Waals surface area (Å²) in [5.41, 5.74) is 17.7. The Morgan fingerprint density at radius 2 is 0.623 bits per heavy atom. The van der Waals surface area contributed by atoms with E-state index in [2.05, 4.69) is 208 Å². The molecule has 11 heterocycles. The molecular formula is C98H62Ir5N6O2S3-6. The topological polar surface area (TPSA) is 104 Å². The predicted molar refractivity (Wildman–Crippen MR) is 454 cm³/mol. The van der Waals surface area contributed by atoms with Crippen molar-refractivity contribution in [3.8, 4) is 67.5 Å². The monoisotopic (exact) mass is 2420 g/mol. The van der Waals surface area contributed by atoms with E-state index in [0.29, 0.717) is 0 Å². The molecule has 0 amide bonds. The normalized spacial score (nSPS) is 10.5. The molecule has 0 atom stereocenters. The summed E-state index contributed by atoms with van der Waals surface area (Å²) in [5, 5.41) is 12.3. The Hall–Kier alpha value is -10.2. The molecule has 0 aliphatic heterocycles.